The summed E-state index contributed by atoms with van der Waals surface area (Å²) in [5.41, 5.74) is 0. The Hall–Kier alpha value is -0.380. The zero-order chi connectivity index (χ0) is 9.80. The summed E-state index contributed by atoms with van der Waals surface area (Å²) in [6.07, 6.45) is 4.19. The van der Waals surface area contributed by atoms with Crippen LogP contribution in [0.3, 0.4) is 0 Å². The summed E-state index contributed by atoms with van der Waals surface area (Å²) in [4.78, 5) is 1.38. The fraction of sp³-hybridized carbons (Fsp3) is 0.636. The van der Waals surface area contributed by atoms with Gasteiger partial charge in [0.2, 0.25) is 0 Å². The average Bonchev–Trinajstić information content (AvgIpc) is 2.67. The highest BCUT2D eigenvalue weighted by Gasteiger charge is 2.19. The van der Waals surface area contributed by atoms with Crippen molar-refractivity contribution in [3.05, 3.63) is 22.4 Å². The van der Waals surface area contributed by atoms with E-state index in [1.807, 2.05) is 0 Å². The molecule has 1 saturated carbocycles. The van der Waals surface area contributed by atoms with Crippen molar-refractivity contribution in [2.75, 3.05) is 0 Å². The first-order valence-corrected chi connectivity index (χ1v) is 6.16. The fourth-order valence-corrected chi connectivity index (χ4v) is 2.66. The van der Waals surface area contributed by atoms with E-state index in [2.05, 4.69) is 22.8 Å². The first-order chi connectivity index (χ1) is 6.84. The molecule has 14 heavy (non-hydrogen) atoms. The van der Waals surface area contributed by atoms with Crippen LogP contribution in [0.2, 0.25) is 0 Å². The zero-order valence-corrected chi connectivity index (χ0v) is 9.09. The fourth-order valence-electron chi connectivity index (χ4n) is 2.01. The second-order valence-corrected chi connectivity index (χ2v) is 5.01. The maximum atomic E-state index is 9.50. The van der Waals surface area contributed by atoms with E-state index in [0.717, 1.165) is 25.8 Å². The smallest absolute Gasteiger partial charge is 0.0555 e. The Morgan fingerprint density at radius 1 is 1.50 bits per heavy atom. The lowest BCUT2D eigenvalue weighted by atomic mass is 9.93. The Kier molecular flexibility index (Phi) is 3.56. The molecule has 2 nitrogen and oxygen atoms in total. The van der Waals surface area contributed by atoms with Gasteiger partial charge in [-0.2, -0.15) is 0 Å². The Morgan fingerprint density at radius 2 is 2.43 bits per heavy atom. The molecule has 0 aromatic carbocycles. The van der Waals surface area contributed by atoms with Crippen LogP contribution in [-0.2, 0) is 6.54 Å². The number of thiophene rings is 1. The number of aliphatic hydroxyl groups is 1. The first kappa shape index (κ1) is 10.1. The minimum Gasteiger partial charge on any atom is -0.393 e. The normalized spacial score (nSPS) is 27.8. The minimum absolute atomic E-state index is 0.0791. The number of aliphatic hydroxyl groups excluding tert-OH is 1. The molecule has 1 heterocycles. The van der Waals surface area contributed by atoms with E-state index < -0.39 is 0 Å². The number of nitrogens with one attached hydrogen (secondary N) is 1. The quantitative estimate of drug-likeness (QED) is 0.803. The van der Waals surface area contributed by atoms with Crippen LogP contribution in [0.5, 0.6) is 0 Å². The summed E-state index contributed by atoms with van der Waals surface area (Å²) in [6.45, 7) is 0.953. The first-order valence-electron chi connectivity index (χ1n) is 5.28. The van der Waals surface area contributed by atoms with E-state index in [4.69, 9.17) is 0 Å². The second-order valence-electron chi connectivity index (χ2n) is 3.98. The topological polar surface area (TPSA) is 32.3 Å². The largest absolute Gasteiger partial charge is 0.393 e. The van der Waals surface area contributed by atoms with Crippen LogP contribution in [0.1, 0.15) is 30.6 Å². The molecule has 1 fully saturated rings. The van der Waals surface area contributed by atoms with Gasteiger partial charge in [0.1, 0.15) is 0 Å². The maximum Gasteiger partial charge on any atom is 0.0555 e. The van der Waals surface area contributed by atoms with Gasteiger partial charge in [0, 0.05) is 17.5 Å². The third-order valence-electron chi connectivity index (χ3n) is 2.79. The molecule has 78 valence electrons. The van der Waals surface area contributed by atoms with E-state index in [1.54, 1.807) is 11.3 Å². The average molecular weight is 211 g/mol. The summed E-state index contributed by atoms with van der Waals surface area (Å²) in [5, 5.41) is 15.1. The molecule has 0 bridgehead atoms. The van der Waals surface area contributed by atoms with E-state index in [1.165, 1.54) is 11.3 Å². The summed E-state index contributed by atoms with van der Waals surface area (Å²) in [7, 11) is 0. The van der Waals surface area contributed by atoms with Crippen molar-refractivity contribution >= 4 is 11.3 Å². The van der Waals surface area contributed by atoms with Gasteiger partial charge in [0.05, 0.1) is 6.10 Å². The molecule has 0 amide bonds. The number of rotatable bonds is 3. The highest BCUT2D eigenvalue weighted by Crippen LogP contribution is 2.19. The lowest BCUT2D eigenvalue weighted by Gasteiger charge is -2.26. The number of hydrogen-bond acceptors (Lipinski definition) is 3. The summed E-state index contributed by atoms with van der Waals surface area (Å²) >= 11 is 1.79. The van der Waals surface area contributed by atoms with Crippen LogP contribution < -0.4 is 5.32 Å². The molecule has 2 N–H and O–H groups in total. The Balaban J connectivity index is 1.75. The second kappa shape index (κ2) is 4.91. The van der Waals surface area contributed by atoms with Gasteiger partial charge in [0.15, 0.2) is 0 Å². The molecule has 1 aromatic heterocycles. The van der Waals surface area contributed by atoms with Crippen LogP contribution in [-0.4, -0.2) is 17.3 Å². The van der Waals surface area contributed by atoms with Crippen LogP contribution >= 0.6 is 11.3 Å². The molecule has 3 heteroatoms. The monoisotopic (exact) mass is 211 g/mol. The molecule has 0 spiro atoms. The minimum atomic E-state index is -0.0791. The predicted octanol–water partition coefficient (Wildman–Crippen LogP) is 2.14. The van der Waals surface area contributed by atoms with Gasteiger partial charge in [-0.25, -0.2) is 0 Å². The van der Waals surface area contributed by atoms with E-state index >= 15 is 0 Å². The molecule has 2 rings (SSSR count). The molecular formula is C11H17NOS. The third kappa shape index (κ3) is 2.80. The molecule has 1 aromatic rings. The molecule has 2 atom stereocenters. The lowest BCUT2D eigenvalue weighted by Crippen LogP contribution is -2.35. The van der Waals surface area contributed by atoms with Gasteiger partial charge in [-0.1, -0.05) is 6.07 Å². The summed E-state index contributed by atoms with van der Waals surface area (Å²) < 4.78 is 0. The Morgan fingerprint density at radius 3 is 3.14 bits per heavy atom. The van der Waals surface area contributed by atoms with Crippen LogP contribution in [0.25, 0.3) is 0 Å². The SMILES string of the molecule is O[C@@H]1CCC[C@H](NCc2cccs2)C1. The third-order valence-corrected chi connectivity index (χ3v) is 3.67. The standard InChI is InChI=1S/C11H17NOS/c13-10-4-1-3-9(7-10)12-8-11-5-2-6-14-11/h2,5-6,9-10,12-13H,1,3-4,7-8H2/t9-,10+/m0/s1. The van der Waals surface area contributed by atoms with Gasteiger partial charge >= 0.3 is 0 Å². The van der Waals surface area contributed by atoms with Crippen molar-refractivity contribution in [3.63, 3.8) is 0 Å². The van der Waals surface area contributed by atoms with E-state index in [0.29, 0.717) is 6.04 Å². The van der Waals surface area contributed by atoms with Crippen molar-refractivity contribution in [3.8, 4) is 0 Å². The van der Waals surface area contributed by atoms with Crippen LogP contribution in [0.15, 0.2) is 17.5 Å². The Labute approximate surface area is 89.0 Å². The van der Waals surface area contributed by atoms with Gasteiger partial charge in [0.25, 0.3) is 0 Å². The van der Waals surface area contributed by atoms with Gasteiger partial charge in [-0.3, -0.25) is 0 Å². The van der Waals surface area contributed by atoms with Crippen molar-refractivity contribution in [1.29, 1.82) is 0 Å². The maximum absolute atomic E-state index is 9.50. The highest BCUT2D eigenvalue weighted by molar-refractivity contribution is 7.09. The predicted molar refractivity (Wildman–Crippen MR) is 59.4 cm³/mol. The van der Waals surface area contributed by atoms with E-state index in [-0.39, 0.29) is 6.10 Å². The van der Waals surface area contributed by atoms with Crippen LogP contribution in [0, 0.1) is 0 Å². The van der Waals surface area contributed by atoms with Crippen molar-refractivity contribution < 1.29 is 5.11 Å². The molecule has 0 saturated heterocycles. The van der Waals surface area contributed by atoms with E-state index in [9.17, 15) is 5.11 Å². The van der Waals surface area contributed by atoms with Gasteiger partial charge < -0.3 is 10.4 Å². The van der Waals surface area contributed by atoms with Gasteiger partial charge in [-0.05, 0) is 37.1 Å². The number of hydrogen-bond donors (Lipinski definition) is 2. The van der Waals surface area contributed by atoms with Crippen molar-refractivity contribution in [1.82, 2.24) is 5.32 Å². The van der Waals surface area contributed by atoms with Crippen LogP contribution in [0.4, 0.5) is 0 Å². The Bertz CT molecular complexity index is 260. The molecule has 1 aliphatic rings. The molecule has 1 aliphatic carbocycles. The van der Waals surface area contributed by atoms with Crippen molar-refractivity contribution in [2.45, 2.75) is 44.4 Å². The summed E-state index contributed by atoms with van der Waals surface area (Å²) in [6, 6.07) is 4.75. The zero-order valence-electron chi connectivity index (χ0n) is 8.28. The summed E-state index contributed by atoms with van der Waals surface area (Å²) in [5.74, 6) is 0. The van der Waals surface area contributed by atoms with Gasteiger partial charge in [-0.15, -0.1) is 11.3 Å². The highest BCUT2D eigenvalue weighted by atomic mass is 32.1. The molecular weight excluding hydrogens is 194 g/mol. The molecule has 0 unspecified atom stereocenters. The molecule has 0 radical (unpaired) electrons. The molecule has 0 aliphatic heterocycles. The van der Waals surface area contributed by atoms with Crippen molar-refractivity contribution in [2.24, 2.45) is 0 Å². The lowest BCUT2D eigenvalue weighted by molar-refractivity contribution is 0.111.